The molecule has 1 saturated heterocycles. The Labute approximate surface area is 184 Å². The molecule has 0 spiro atoms. The highest BCUT2D eigenvalue weighted by molar-refractivity contribution is 5.89. The van der Waals surface area contributed by atoms with Crippen LogP contribution in [0.15, 0.2) is 42.5 Å². The number of carbonyl (C=O) groups is 1. The molecule has 2 heterocycles. The van der Waals surface area contributed by atoms with Crippen molar-refractivity contribution in [3.05, 3.63) is 65.4 Å². The van der Waals surface area contributed by atoms with Crippen molar-refractivity contribution in [3.8, 4) is 23.0 Å². The molecule has 0 amide bonds. The summed E-state index contributed by atoms with van der Waals surface area (Å²) in [7, 11) is 3.26. The predicted octanol–water partition coefficient (Wildman–Crippen LogP) is 3.23. The van der Waals surface area contributed by atoms with Crippen LogP contribution in [0.25, 0.3) is 16.9 Å². The SMILES string of the molecule is COC(=O)c1cc(-c2ccc(C#N)c(F)c2)nn1-c1ccc(N2CCN(C)CC2)c(F)c1. The van der Waals surface area contributed by atoms with Gasteiger partial charge in [0.15, 0.2) is 5.69 Å². The average Bonchev–Trinajstić information content (AvgIpc) is 3.25. The van der Waals surface area contributed by atoms with Crippen molar-refractivity contribution in [3.63, 3.8) is 0 Å². The van der Waals surface area contributed by atoms with Gasteiger partial charge in [-0.15, -0.1) is 0 Å². The molecule has 0 atom stereocenters. The van der Waals surface area contributed by atoms with Crippen molar-refractivity contribution in [1.82, 2.24) is 14.7 Å². The highest BCUT2D eigenvalue weighted by atomic mass is 19.1. The summed E-state index contributed by atoms with van der Waals surface area (Å²) in [5.74, 6) is -1.78. The molecule has 1 aliphatic rings. The maximum atomic E-state index is 15.0. The third-order valence-electron chi connectivity index (χ3n) is 5.51. The van der Waals surface area contributed by atoms with Gasteiger partial charge in [-0.2, -0.15) is 10.4 Å². The van der Waals surface area contributed by atoms with Crippen molar-refractivity contribution < 1.29 is 18.3 Å². The number of hydrogen-bond acceptors (Lipinski definition) is 6. The highest BCUT2D eigenvalue weighted by Crippen LogP contribution is 2.27. The number of ether oxygens (including phenoxy) is 1. The number of hydrogen-bond donors (Lipinski definition) is 0. The second-order valence-corrected chi connectivity index (χ2v) is 7.55. The second kappa shape index (κ2) is 8.77. The van der Waals surface area contributed by atoms with Gasteiger partial charge in [0.25, 0.3) is 0 Å². The van der Waals surface area contributed by atoms with Crippen LogP contribution in [0.3, 0.4) is 0 Å². The lowest BCUT2D eigenvalue weighted by atomic mass is 10.1. The first-order chi connectivity index (χ1) is 15.4. The topological polar surface area (TPSA) is 74.4 Å². The molecule has 1 aliphatic heterocycles. The summed E-state index contributed by atoms with van der Waals surface area (Å²) in [6.07, 6.45) is 0. The van der Waals surface area contributed by atoms with E-state index in [1.807, 2.05) is 11.9 Å². The summed E-state index contributed by atoms with van der Waals surface area (Å²) < 4.78 is 35.2. The first-order valence-electron chi connectivity index (χ1n) is 10.0. The maximum absolute atomic E-state index is 15.0. The lowest BCUT2D eigenvalue weighted by Gasteiger charge is -2.34. The summed E-state index contributed by atoms with van der Waals surface area (Å²) in [5.41, 5.74) is 1.46. The Hall–Kier alpha value is -3.77. The number of carbonyl (C=O) groups excluding carboxylic acids is 1. The van der Waals surface area contributed by atoms with Crippen molar-refractivity contribution >= 4 is 11.7 Å². The number of nitriles is 1. The van der Waals surface area contributed by atoms with Crippen LogP contribution in [0, 0.1) is 23.0 Å². The minimum Gasteiger partial charge on any atom is -0.464 e. The smallest absolute Gasteiger partial charge is 0.356 e. The fourth-order valence-corrected chi connectivity index (χ4v) is 3.67. The lowest BCUT2D eigenvalue weighted by molar-refractivity contribution is 0.0590. The quantitative estimate of drug-likeness (QED) is 0.584. The molecule has 0 N–H and O–H groups in total. The number of rotatable bonds is 4. The summed E-state index contributed by atoms with van der Waals surface area (Å²) in [5, 5.41) is 13.3. The van der Waals surface area contributed by atoms with Gasteiger partial charge in [0.2, 0.25) is 0 Å². The van der Waals surface area contributed by atoms with E-state index < -0.39 is 17.6 Å². The van der Waals surface area contributed by atoms with E-state index >= 15 is 4.39 Å². The van der Waals surface area contributed by atoms with Crippen molar-refractivity contribution in [1.29, 1.82) is 5.26 Å². The molecule has 2 aromatic carbocycles. The number of methoxy groups -OCH3 is 1. The third-order valence-corrected chi connectivity index (χ3v) is 5.51. The summed E-state index contributed by atoms with van der Waals surface area (Å²) in [6, 6.07) is 11.9. The molecule has 0 bridgehead atoms. The minimum atomic E-state index is -0.693. The van der Waals surface area contributed by atoms with Crippen LogP contribution in [0.5, 0.6) is 0 Å². The maximum Gasteiger partial charge on any atom is 0.356 e. The first-order valence-corrected chi connectivity index (χ1v) is 10.0. The normalized spacial score (nSPS) is 14.3. The van der Waals surface area contributed by atoms with Crippen LogP contribution in [-0.4, -0.2) is 61.0 Å². The van der Waals surface area contributed by atoms with E-state index in [-0.39, 0.29) is 17.0 Å². The Morgan fingerprint density at radius 2 is 1.81 bits per heavy atom. The van der Waals surface area contributed by atoms with E-state index in [0.717, 1.165) is 26.2 Å². The van der Waals surface area contributed by atoms with Gasteiger partial charge >= 0.3 is 5.97 Å². The van der Waals surface area contributed by atoms with Crippen molar-refractivity contribution in [2.24, 2.45) is 0 Å². The van der Waals surface area contributed by atoms with E-state index in [0.29, 0.717) is 16.9 Å². The van der Waals surface area contributed by atoms with Crippen molar-refractivity contribution in [2.75, 3.05) is 45.2 Å². The van der Waals surface area contributed by atoms with E-state index in [2.05, 4.69) is 10.00 Å². The van der Waals surface area contributed by atoms with Crippen LogP contribution < -0.4 is 4.90 Å². The number of likely N-dealkylation sites (N-methyl/N-ethyl adjacent to an activating group) is 1. The zero-order valence-electron chi connectivity index (χ0n) is 17.7. The second-order valence-electron chi connectivity index (χ2n) is 7.55. The minimum absolute atomic E-state index is 0.0685. The molecule has 0 aliphatic carbocycles. The van der Waals surface area contributed by atoms with E-state index in [1.165, 1.54) is 42.1 Å². The van der Waals surface area contributed by atoms with Gasteiger partial charge in [-0.1, -0.05) is 6.07 Å². The van der Waals surface area contributed by atoms with Crippen molar-refractivity contribution in [2.45, 2.75) is 0 Å². The molecule has 32 heavy (non-hydrogen) atoms. The molecule has 0 saturated carbocycles. The van der Waals surface area contributed by atoms with Gasteiger partial charge in [-0.25, -0.2) is 18.3 Å². The molecular weight excluding hydrogens is 416 g/mol. The molecule has 164 valence electrons. The lowest BCUT2D eigenvalue weighted by Crippen LogP contribution is -2.44. The van der Waals surface area contributed by atoms with Gasteiger partial charge < -0.3 is 14.5 Å². The molecule has 4 rings (SSSR count). The predicted molar refractivity (Wildman–Crippen MR) is 115 cm³/mol. The first kappa shape index (κ1) is 21.5. The Morgan fingerprint density at radius 3 is 2.44 bits per heavy atom. The zero-order chi connectivity index (χ0) is 22.8. The number of halogens is 2. The number of anilines is 1. The summed E-state index contributed by atoms with van der Waals surface area (Å²) >= 11 is 0. The van der Waals surface area contributed by atoms with Gasteiger partial charge in [-0.3, -0.25) is 0 Å². The number of esters is 1. The number of piperazine rings is 1. The molecule has 3 aromatic rings. The Balaban J connectivity index is 1.73. The van der Waals surface area contributed by atoms with Crippen LogP contribution in [0.2, 0.25) is 0 Å². The van der Waals surface area contributed by atoms with Crippen LogP contribution in [-0.2, 0) is 4.74 Å². The number of nitrogens with zero attached hydrogens (tertiary/aromatic N) is 5. The summed E-state index contributed by atoms with van der Waals surface area (Å²) in [6.45, 7) is 3.13. The Morgan fingerprint density at radius 1 is 1.06 bits per heavy atom. The largest absolute Gasteiger partial charge is 0.464 e. The molecule has 1 aromatic heterocycles. The fourth-order valence-electron chi connectivity index (χ4n) is 3.67. The van der Waals surface area contributed by atoms with E-state index in [4.69, 9.17) is 10.00 Å². The van der Waals surface area contributed by atoms with Crippen LogP contribution in [0.1, 0.15) is 16.1 Å². The molecule has 1 fully saturated rings. The highest BCUT2D eigenvalue weighted by Gasteiger charge is 2.22. The average molecular weight is 437 g/mol. The summed E-state index contributed by atoms with van der Waals surface area (Å²) in [4.78, 5) is 16.5. The molecule has 9 heteroatoms. The van der Waals surface area contributed by atoms with Gasteiger partial charge in [0.05, 0.1) is 29.7 Å². The monoisotopic (exact) mass is 437 g/mol. The van der Waals surface area contributed by atoms with E-state index in [1.54, 1.807) is 18.2 Å². The standard InChI is InChI=1S/C23H21F2N5O2/c1-28-7-9-29(10-8-28)21-6-5-17(12-19(21)25)30-22(23(31)32-2)13-20(27-30)15-3-4-16(14-26)18(24)11-15/h3-6,11-13H,7-10H2,1-2H3. The molecule has 0 unspecified atom stereocenters. The Bertz CT molecular complexity index is 1210. The fraction of sp³-hybridized carbons (Fsp3) is 0.261. The molecule has 0 radical (unpaired) electrons. The van der Waals surface area contributed by atoms with Gasteiger partial charge in [0, 0.05) is 37.8 Å². The van der Waals surface area contributed by atoms with Gasteiger partial charge in [0.1, 0.15) is 17.7 Å². The number of aromatic nitrogens is 2. The van der Waals surface area contributed by atoms with E-state index in [9.17, 15) is 9.18 Å². The molecule has 7 nitrogen and oxygen atoms in total. The van der Waals surface area contributed by atoms with Crippen LogP contribution in [0.4, 0.5) is 14.5 Å². The third kappa shape index (κ3) is 4.05. The van der Waals surface area contributed by atoms with Crippen LogP contribution >= 0.6 is 0 Å². The zero-order valence-corrected chi connectivity index (χ0v) is 17.7. The molecular formula is C23H21F2N5O2. The number of benzene rings is 2. The Kier molecular flexibility index (Phi) is 5.88. The van der Waals surface area contributed by atoms with Gasteiger partial charge in [-0.05, 0) is 37.4 Å².